The highest BCUT2D eigenvalue weighted by molar-refractivity contribution is 6.00. The second-order valence-electron chi connectivity index (χ2n) is 6.48. The van der Waals surface area contributed by atoms with Crippen LogP contribution in [0.4, 0.5) is 0 Å². The smallest absolute Gasteiger partial charge is 0.251 e. The molecule has 2 aromatic carbocycles. The van der Waals surface area contributed by atoms with Crippen LogP contribution in [0.2, 0.25) is 0 Å². The molecule has 0 aromatic heterocycles. The van der Waals surface area contributed by atoms with Gasteiger partial charge in [0.1, 0.15) is 18.2 Å². The Kier molecular flexibility index (Phi) is 5.39. The Hall–Kier alpha value is -3.68. The van der Waals surface area contributed by atoms with E-state index in [2.05, 4.69) is 5.32 Å². The zero-order valence-corrected chi connectivity index (χ0v) is 15.1. The molecule has 2 aromatic rings. The summed E-state index contributed by atoms with van der Waals surface area (Å²) in [7, 11) is 0. The molecule has 1 aliphatic heterocycles. The van der Waals surface area contributed by atoms with Gasteiger partial charge in [0.05, 0.1) is 0 Å². The number of ether oxygens (including phenoxy) is 1. The summed E-state index contributed by atoms with van der Waals surface area (Å²) in [5.74, 6) is -0.875. The van der Waals surface area contributed by atoms with E-state index in [1.165, 1.54) is 18.2 Å². The largest absolute Gasteiger partial charge is 0.486 e. The highest BCUT2D eigenvalue weighted by atomic mass is 16.5. The molecule has 28 heavy (non-hydrogen) atoms. The highest BCUT2D eigenvalue weighted by Crippen LogP contribution is 2.21. The van der Waals surface area contributed by atoms with Crippen molar-refractivity contribution >= 4 is 23.4 Å². The van der Waals surface area contributed by atoms with Gasteiger partial charge < -0.3 is 21.5 Å². The maximum atomic E-state index is 12.4. The van der Waals surface area contributed by atoms with Crippen LogP contribution < -0.4 is 21.5 Å². The summed E-state index contributed by atoms with van der Waals surface area (Å²) < 4.78 is 5.52. The molecule has 0 saturated heterocycles. The first-order chi connectivity index (χ1) is 13.3. The Bertz CT molecular complexity index is 984. The van der Waals surface area contributed by atoms with E-state index >= 15 is 0 Å². The average molecular weight is 380 g/mol. The number of carbonyl (C=O) groups is 3. The van der Waals surface area contributed by atoms with Crippen molar-refractivity contribution in [2.45, 2.75) is 12.8 Å². The van der Waals surface area contributed by atoms with Crippen molar-refractivity contribution in [3.8, 4) is 5.75 Å². The zero-order valence-electron chi connectivity index (χ0n) is 15.1. The molecule has 0 atom stereocenters. The molecule has 0 radical (unpaired) electrons. The fraction of sp³-hybridized carbons (Fsp3) is 0.200. The highest BCUT2D eigenvalue weighted by Gasteiger charge is 2.18. The number of ketones is 1. The molecule has 0 fully saturated rings. The number of Topliss-reactive ketones (excluding diaryl/α,β-unsaturated/α-hetero) is 1. The van der Waals surface area contributed by atoms with E-state index in [-0.39, 0.29) is 36.1 Å². The normalized spacial score (nSPS) is 12.6. The number of nitrogens with two attached hydrogens (primary N) is 2. The summed E-state index contributed by atoms with van der Waals surface area (Å²) in [6.07, 6.45) is 0.660. The number of amidine groups is 1. The summed E-state index contributed by atoms with van der Waals surface area (Å²) in [6.45, 7) is 0.370. The van der Waals surface area contributed by atoms with Crippen LogP contribution in [0.3, 0.4) is 0 Å². The Balaban J connectivity index is 1.70. The quantitative estimate of drug-likeness (QED) is 0.409. The third kappa shape index (κ3) is 4.17. The molecule has 6 N–H and O–H groups in total. The van der Waals surface area contributed by atoms with Crippen LogP contribution in [0.5, 0.6) is 5.75 Å². The van der Waals surface area contributed by atoms with Crippen molar-refractivity contribution in [1.82, 2.24) is 5.32 Å². The van der Waals surface area contributed by atoms with Gasteiger partial charge in [0.2, 0.25) is 5.91 Å². The van der Waals surface area contributed by atoms with Crippen molar-refractivity contribution in [2.75, 3.05) is 13.2 Å². The first-order valence-electron chi connectivity index (χ1n) is 8.68. The third-order valence-corrected chi connectivity index (χ3v) is 4.48. The number of nitrogen functional groups attached to an aromatic ring is 1. The SMILES string of the molecule is N=C(N)c1ccc(C(N)=O)c(CC(=O)COc2ccc3c(c2)C(=O)NCC3)c1. The Labute approximate surface area is 161 Å². The molecule has 0 bridgehead atoms. The van der Waals surface area contributed by atoms with Crippen LogP contribution in [-0.2, 0) is 17.6 Å². The van der Waals surface area contributed by atoms with Gasteiger partial charge in [-0.05, 0) is 41.8 Å². The number of nitrogens with one attached hydrogen (secondary N) is 2. The maximum absolute atomic E-state index is 12.4. The molecule has 0 unspecified atom stereocenters. The van der Waals surface area contributed by atoms with Crippen molar-refractivity contribution < 1.29 is 19.1 Å². The number of hydrogen-bond acceptors (Lipinski definition) is 5. The van der Waals surface area contributed by atoms with Crippen LogP contribution >= 0.6 is 0 Å². The molecule has 1 heterocycles. The van der Waals surface area contributed by atoms with E-state index in [9.17, 15) is 14.4 Å². The molecular weight excluding hydrogens is 360 g/mol. The Morgan fingerprint density at radius 3 is 2.64 bits per heavy atom. The lowest BCUT2D eigenvalue weighted by Crippen LogP contribution is -2.31. The molecule has 8 heteroatoms. The van der Waals surface area contributed by atoms with E-state index < -0.39 is 5.91 Å². The van der Waals surface area contributed by atoms with Gasteiger partial charge in [-0.3, -0.25) is 19.8 Å². The van der Waals surface area contributed by atoms with Gasteiger partial charge in [0, 0.05) is 29.7 Å². The zero-order chi connectivity index (χ0) is 20.3. The van der Waals surface area contributed by atoms with Gasteiger partial charge in [-0.2, -0.15) is 0 Å². The molecule has 1 aliphatic rings. The van der Waals surface area contributed by atoms with E-state index in [0.717, 1.165) is 12.0 Å². The lowest BCUT2D eigenvalue weighted by atomic mass is 9.98. The van der Waals surface area contributed by atoms with Crippen LogP contribution in [0.1, 0.15) is 37.4 Å². The third-order valence-electron chi connectivity index (χ3n) is 4.48. The van der Waals surface area contributed by atoms with E-state index in [1.807, 2.05) is 6.07 Å². The number of rotatable bonds is 7. The summed E-state index contributed by atoms with van der Waals surface area (Å²) >= 11 is 0. The van der Waals surface area contributed by atoms with Crippen LogP contribution in [0, 0.1) is 5.41 Å². The van der Waals surface area contributed by atoms with Gasteiger partial charge >= 0.3 is 0 Å². The predicted molar refractivity (Wildman–Crippen MR) is 103 cm³/mol. The number of amides is 2. The summed E-state index contributed by atoms with van der Waals surface area (Å²) in [4.78, 5) is 35.8. The summed E-state index contributed by atoms with van der Waals surface area (Å²) in [5, 5.41) is 10.3. The second kappa shape index (κ2) is 7.91. The molecule has 144 valence electrons. The number of fused-ring (bicyclic) bond motifs is 1. The van der Waals surface area contributed by atoms with Crippen molar-refractivity contribution in [3.05, 3.63) is 64.2 Å². The van der Waals surface area contributed by atoms with Crippen molar-refractivity contribution in [2.24, 2.45) is 11.5 Å². The van der Waals surface area contributed by atoms with E-state index in [1.54, 1.807) is 12.1 Å². The molecule has 0 saturated carbocycles. The Morgan fingerprint density at radius 1 is 1.14 bits per heavy atom. The molecule has 3 rings (SSSR count). The number of carbonyl (C=O) groups excluding carboxylic acids is 3. The molecule has 0 spiro atoms. The minimum Gasteiger partial charge on any atom is -0.486 e. The molecular formula is C20H20N4O4. The first-order valence-corrected chi connectivity index (χ1v) is 8.68. The topological polar surface area (TPSA) is 148 Å². The number of primary amides is 1. The molecule has 0 aliphatic carbocycles. The molecule has 2 amide bonds. The van der Waals surface area contributed by atoms with Gasteiger partial charge in [0.25, 0.3) is 5.91 Å². The van der Waals surface area contributed by atoms with Gasteiger partial charge in [0.15, 0.2) is 5.78 Å². The van der Waals surface area contributed by atoms with E-state index in [0.29, 0.717) is 29.0 Å². The fourth-order valence-electron chi connectivity index (χ4n) is 3.06. The number of hydrogen-bond donors (Lipinski definition) is 4. The second-order valence-corrected chi connectivity index (χ2v) is 6.48. The minimum absolute atomic E-state index is 0.0924. The van der Waals surface area contributed by atoms with Gasteiger partial charge in [-0.15, -0.1) is 0 Å². The van der Waals surface area contributed by atoms with E-state index in [4.69, 9.17) is 21.6 Å². The fourth-order valence-corrected chi connectivity index (χ4v) is 3.06. The van der Waals surface area contributed by atoms with Crippen LogP contribution in [-0.4, -0.2) is 36.6 Å². The standard InChI is InChI=1S/C20H20N4O4/c21-18(22)12-2-4-16(19(23)26)13(7-12)8-14(25)10-28-15-3-1-11-5-6-24-20(27)17(11)9-15/h1-4,7,9H,5-6,8,10H2,(H3,21,22)(H2,23,26)(H,24,27). The predicted octanol–water partition coefficient (Wildman–Crippen LogP) is 0.546. The maximum Gasteiger partial charge on any atom is 0.251 e. The lowest BCUT2D eigenvalue weighted by molar-refractivity contribution is -0.120. The first kappa shape index (κ1) is 19.1. The lowest BCUT2D eigenvalue weighted by Gasteiger charge is -2.17. The van der Waals surface area contributed by atoms with Crippen molar-refractivity contribution in [3.63, 3.8) is 0 Å². The minimum atomic E-state index is -0.667. The Morgan fingerprint density at radius 2 is 1.93 bits per heavy atom. The summed E-state index contributed by atoms with van der Waals surface area (Å²) in [5.41, 5.74) is 13.3. The molecule has 8 nitrogen and oxygen atoms in total. The summed E-state index contributed by atoms with van der Waals surface area (Å²) in [6, 6.07) is 9.60. The van der Waals surface area contributed by atoms with Crippen molar-refractivity contribution in [1.29, 1.82) is 5.41 Å². The number of benzene rings is 2. The average Bonchev–Trinajstić information content (AvgIpc) is 2.66. The van der Waals surface area contributed by atoms with Gasteiger partial charge in [-0.25, -0.2) is 0 Å². The van der Waals surface area contributed by atoms with Crippen LogP contribution in [0.25, 0.3) is 0 Å². The monoisotopic (exact) mass is 380 g/mol. The van der Waals surface area contributed by atoms with Gasteiger partial charge in [-0.1, -0.05) is 12.1 Å². The van der Waals surface area contributed by atoms with Crippen LogP contribution in [0.15, 0.2) is 36.4 Å².